The molecule has 3 rings (SSSR count). The second kappa shape index (κ2) is 6.74. The van der Waals surface area contributed by atoms with Gasteiger partial charge in [0.05, 0.1) is 24.2 Å². The van der Waals surface area contributed by atoms with Gasteiger partial charge in [0.25, 0.3) is 5.91 Å². The molecule has 1 fully saturated rings. The van der Waals surface area contributed by atoms with E-state index in [1.54, 1.807) is 17.2 Å². The second-order valence-corrected chi connectivity index (χ2v) is 6.08. The van der Waals surface area contributed by atoms with Crippen molar-refractivity contribution in [1.29, 1.82) is 0 Å². The molecular formula is C17H20N4O3. The van der Waals surface area contributed by atoms with Gasteiger partial charge in [-0.15, -0.1) is 0 Å². The minimum atomic E-state index is -0.601. The molecule has 1 aliphatic rings. The lowest BCUT2D eigenvalue weighted by atomic mass is 9.91. The van der Waals surface area contributed by atoms with E-state index < -0.39 is 5.91 Å². The predicted octanol–water partition coefficient (Wildman–Crippen LogP) is 2.78. The van der Waals surface area contributed by atoms with Crippen LogP contribution >= 0.6 is 0 Å². The van der Waals surface area contributed by atoms with Crippen molar-refractivity contribution < 1.29 is 14.0 Å². The van der Waals surface area contributed by atoms with Crippen molar-refractivity contribution in [3.63, 3.8) is 0 Å². The number of carbonyl (C=O) groups is 2. The van der Waals surface area contributed by atoms with E-state index in [0.717, 1.165) is 18.6 Å². The van der Waals surface area contributed by atoms with E-state index in [2.05, 4.69) is 17.2 Å². The number of hydrogen-bond donors (Lipinski definition) is 2. The molecule has 0 spiro atoms. The number of amides is 3. The molecule has 2 aromatic heterocycles. The number of rotatable bonds is 3. The summed E-state index contributed by atoms with van der Waals surface area (Å²) in [6.07, 6.45) is 4.85. The largest absolute Gasteiger partial charge is 0.467 e. The highest BCUT2D eigenvalue weighted by Gasteiger charge is 2.32. The molecule has 3 N–H and O–H groups in total. The van der Waals surface area contributed by atoms with Crippen LogP contribution in [0.2, 0.25) is 0 Å². The summed E-state index contributed by atoms with van der Waals surface area (Å²) in [5, 5.41) is 2.82. The van der Waals surface area contributed by atoms with Gasteiger partial charge >= 0.3 is 6.03 Å². The molecule has 7 nitrogen and oxygen atoms in total. The number of hydrogen-bond acceptors (Lipinski definition) is 4. The van der Waals surface area contributed by atoms with Crippen LogP contribution in [0.4, 0.5) is 10.5 Å². The predicted molar refractivity (Wildman–Crippen MR) is 88.3 cm³/mol. The number of urea groups is 1. The number of carbonyl (C=O) groups excluding carboxylic acids is 2. The van der Waals surface area contributed by atoms with Crippen LogP contribution in [-0.2, 0) is 0 Å². The third-order valence-electron chi connectivity index (χ3n) is 4.26. The lowest BCUT2D eigenvalue weighted by Crippen LogP contribution is -2.42. The molecule has 0 aromatic carbocycles. The lowest BCUT2D eigenvalue weighted by molar-refractivity contribution is 0.0995. The van der Waals surface area contributed by atoms with E-state index in [1.165, 1.54) is 12.3 Å². The summed E-state index contributed by atoms with van der Waals surface area (Å²) in [7, 11) is 0. The van der Waals surface area contributed by atoms with E-state index in [0.29, 0.717) is 18.2 Å². The fraction of sp³-hybridized carbons (Fsp3) is 0.353. The summed E-state index contributed by atoms with van der Waals surface area (Å²) in [6, 6.07) is 6.53. The van der Waals surface area contributed by atoms with Gasteiger partial charge in [0, 0.05) is 6.54 Å². The van der Waals surface area contributed by atoms with Gasteiger partial charge in [-0.05, 0) is 43.0 Å². The fourth-order valence-corrected chi connectivity index (χ4v) is 2.94. The Morgan fingerprint density at radius 1 is 1.38 bits per heavy atom. The highest BCUT2D eigenvalue weighted by Crippen LogP contribution is 2.34. The van der Waals surface area contributed by atoms with Crippen molar-refractivity contribution in [1.82, 2.24) is 9.88 Å². The Balaban J connectivity index is 1.73. The fourth-order valence-electron chi connectivity index (χ4n) is 2.94. The number of furan rings is 1. The summed E-state index contributed by atoms with van der Waals surface area (Å²) in [5.41, 5.74) is 5.84. The molecule has 3 amide bonds. The summed E-state index contributed by atoms with van der Waals surface area (Å²) in [6.45, 7) is 2.84. The first-order valence-electron chi connectivity index (χ1n) is 7.91. The zero-order valence-electron chi connectivity index (χ0n) is 13.4. The Hall–Kier alpha value is -2.83. The molecule has 1 saturated heterocycles. The quantitative estimate of drug-likeness (QED) is 0.904. The van der Waals surface area contributed by atoms with Gasteiger partial charge < -0.3 is 20.4 Å². The summed E-state index contributed by atoms with van der Waals surface area (Å²) in [4.78, 5) is 29.4. The Morgan fingerprint density at radius 3 is 2.83 bits per heavy atom. The van der Waals surface area contributed by atoms with Crippen LogP contribution in [0.1, 0.15) is 42.1 Å². The SMILES string of the molecule is C[C@H]1CCN(C(=O)Nc2ccc(C(N)=O)nc2)[C@@H](c2ccco2)C1. The number of likely N-dealkylation sites (tertiary alicyclic amines) is 1. The maximum atomic E-state index is 12.7. The highest BCUT2D eigenvalue weighted by atomic mass is 16.3. The molecule has 2 aromatic rings. The molecule has 7 heteroatoms. The number of nitrogens with one attached hydrogen (secondary N) is 1. The second-order valence-electron chi connectivity index (χ2n) is 6.08. The number of pyridine rings is 1. The van der Waals surface area contributed by atoms with Crippen molar-refractivity contribution in [2.45, 2.75) is 25.8 Å². The number of nitrogens with zero attached hydrogens (tertiary/aromatic N) is 2. The summed E-state index contributed by atoms with van der Waals surface area (Å²) < 4.78 is 5.51. The molecule has 3 heterocycles. The normalized spacial score (nSPS) is 20.6. The first-order chi connectivity index (χ1) is 11.5. The van der Waals surface area contributed by atoms with Gasteiger partial charge in [0.15, 0.2) is 0 Å². The Morgan fingerprint density at radius 2 is 2.21 bits per heavy atom. The van der Waals surface area contributed by atoms with Crippen LogP contribution in [-0.4, -0.2) is 28.4 Å². The topological polar surface area (TPSA) is 101 Å². The van der Waals surface area contributed by atoms with Crippen molar-refractivity contribution in [2.24, 2.45) is 11.7 Å². The van der Waals surface area contributed by atoms with Gasteiger partial charge in [-0.25, -0.2) is 9.78 Å². The number of nitrogens with two attached hydrogens (primary N) is 1. The van der Waals surface area contributed by atoms with E-state index in [4.69, 9.17) is 10.2 Å². The van der Waals surface area contributed by atoms with E-state index in [1.807, 2.05) is 12.1 Å². The standard InChI is InChI=1S/C17H20N4O3/c1-11-6-7-21(14(9-11)15-3-2-8-24-15)17(23)20-12-4-5-13(16(18)22)19-10-12/h2-5,8,10-11,14H,6-7,9H2,1H3,(H2,18,22)(H,20,23)/t11-,14+/m0/s1. The van der Waals surface area contributed by atoms with Crippen LogP contribution in [0.15, 0.2) is 41.1 Å². The molecule has 126 valence electrons. The molecule has 0 radical (unpaired) electrons. The van der Waals surface area contributed by atoms with Crippen LogP contribution in [0, 0.1) is 5.92 Å². The van der Waals surface area contributed by atoms with Crippen molar-refractivity contribution >= 4 is 17.6 Å². The van der Waals surface area contributed by atoms with E-state index >= 15 is 0 Å². The van der Waals surface area contributed by atoms with Crippen molar-refractivity contribution in [3.8, 4) is 0 Å². The average Bonchev–Trinajstić information content (AvgIpc) is 3.09. The van der Waals surface area contributed by atoms with Crippen LogP contribution in [0.5, 0.6) is 0 Å². The van der Waals surface area contributed by atoms with Gasteiger partial charge in [-0.3, -0.25) is 4.79 Å². The number of primary amides is 1. The van der Waals surface area contributed by atoms with E-state index in [9.17, 15) is 9.59 Å². The Bertz CT molecular complexity index is 712. The minimum absolute atomic E-state index is 0.0819. The number of aromatic nitrogens is 1. The van der Waals surface area contributed by atoms with Crippen molar-refractivity contribution in [3.05, 3.63) is 48.2 Å². The van der Waals surface area contributed by atoms with Gasteiger partial charge in [-0.1, -0.05) is 6.92 Å². The Kier molecular flexibility index (Phi) is 4.50. The molecule has 0 saturated carbocycles. The van der Waals surface area contributed by atoms with Crippen LogP contribution in [0.3, 0.4) is 0 Å². The van der Waals surface area contributed by atoms with Crippen LogP contribution in [0.25, 0.3) is 0 Å². The Labute approximate surface area is 139 Å². The third kappa shape index (κ3) is 3.40. The van der Waals surface area contributed by atoms with Crippen LogP contribution < -0.4 is 11.1 Å². The number of piperidine rings is 1. The molecule has 0 bridgehead atoms. The van der Waals surface area contributed by atoms with Gasteiger partial charge in [0.2, 0.25) is 0 Å². The third-order valence-corrected chi connectivity index (χ3v) is 4.26. The summed E-state index contributed by atoms with van der Waals surface area (Å²) >= 11 is 0. The molecule has 0 unspecified atom stereocenters. The first-order valence-corrected chi connectivity index (χ1v) is 7.91. The van der Waals surface area contributed by atoms with Gasteiger partial charge in [0.1, 0.15) is 11.5 Å². The van der Waals surface area contributed by atoms with Gasteiger partial charge in [-0.2, -0.15) is 0 Å². The zero-order valence-corrected chi connectivity index (χ0v) is 13.4. The maximum Gasteiger partial charge on any atom is 0.322 e. The monoisotopic (exact) mass is 328 g/mol. The zero-order chi connectivity index (χ0) is 17.1. The minimum Gasteiger partial charge on any atom is -0.467 e. The first kappa shape index (κ1) is 16.0. The molecule has 2 atom stereocenters. The highest BCUT2D eigenvalue weighted by molar-refractivity contribution is 5.92. The molecule has 1 aliphatic heterocycles. The lowest BCUT2D eigenvalue weighted by Gasteiger charge is -2.37. The average molecular weight is 328 g/mol. The van der Waals surface area contributed by atoms with Crippen molar-refractivity contribution in [2.75, 3.05) is 11.9 Å². The maximum absolute atomic E-state index is 12.7. The van der Waals surface area contributed by atoms with E-state index in [-0.39, 0.29) is 17.8 Å². The summed E-state index contributed by atoms with van der Waals surface area (Å²) in [5.74, 6) is 0.718. The molecule has 24 heavy (non-hydrogen) atoms. The molecule has 0 aliphatic carbocycles. The number of anilines is 1. The smallest absolute Gasteiger partial charge is 0.322 e. The molecular weight excluding hydrogens is 308 g/mol.